The van der Waals surface area contributed by atoms with Crippen LogP contribution in [-0.2, 0) is 0 Å². The van der Waals surface area contributed by atoms with Crippen LogP contribution in [0.1, 0.15) is 31.9 Å². The molecule has 3 heteroatoms. The average molecular weight is 165 g/mol. The first-order valence-electron chi connectivity index (χ1n) is 4.69. The van der Waals surface area contributed by atoms with E-state index in [1.807, 2.05) is 0 Å². The Kier molecular flexibility index (Phi) is 1.29. The third kappa shape index (κ3) is 0.966. The second-order valence-corrected chi connectivity index (χ2v) is 3.81. The standard InChI is InChI=1S/C9H13N3.H2/c1-2-7(1)9-3-4-12(11-9)8-5-10-6-8;/h3-4,7-8,10H,1-2,5-6H2;1H. The first kappa shape index (κ1) is 6.66. The molecule has 1 aliphatic carbocycles. The van der Waals surface area contributed by atoms with E-state index < -0.39 is 0 Å². The van der Waals surface area contributed by atoms with Crippen LogP contribution < -0.4 is 5.32 Å². The minimum atomic E-state index is 0. The molecule has 0 atom stereocenters. The maximum atomic E-state index is 4.57. The summed E-state index contributed by atoms with van der Waals surface area (Å²) in [4.78, 5) is 0. The summed E-state index contributed by atoms with van der Waals surface area (Å²) in [5.41, 5.74) is 1.31. The second-order valence-electron chi connectivity index (χ2n) is 3.81. The van der Waals surface area contributed by atoms with Crippen molar-refractivity contribution in [3.05, 3.63) is 18.0 Å². The molecule has 1 saturated heterocycles. The molecule has 2 fully saturated rings. The highest BCUT2D eigenvalue weighted by atomic mass is 15.3. The fourth-order valence-electron chi connectivity index (χ4n) is 1.61. The van der Waals surface area contributed by atoms with Crippen molar-refractivity contribution in [2.75, 3.05) is 13.1 Å². The van der Waals surface area contributed by atoms with Gasteiger partial charge in [0.05, 0.1) is 11.7 Å². The van der Waals surface area contributed by atoms with Gasteiger partial charge in [-0.1, -0.05) is 0 Å². The number of hydrogen-bond donors (Lipinski definition) is 1. The van der Waals surface area contributed by atoms with Crippen molar-refractivity contribution >= 4 is 0 Å². The largest absolute Gasteiger partial charge is 0.312 e. The lowest BCUT2D eigenvalue weighted by Crippen LogP contribution is -2.43. The summed E-state index contributed by atoms with van der Waals surface area (Å²) in [5.74, 6) is 0.791. The van der Waals surface area contributed by atoms with Crippen LogP contribution in [0.4, 0.5) is 0 Å². The molecule has 3 rings (SSSR count). The zero-order valence-corrected chi connectivity index (χ0v) is 7.03. The predicted octanol–water partition coefficient (Wildman–Crippen LogP) is 1.15. The van der Waals surface area contributed by atoms with Crippen molar-refractivity contribution in [3.8, 4) is 0 Å². The highest BCUT2D eigenvalue weighted by molar-refractivity contribution is 5.13. The molecule has 0 spiro atoms. The average Bonchev–Trinajstić information content (AvgIpc) is 2.70. The highest BCUT2D eigenvalue weighted by Crippen LogP contribution is 2.39. The molecule has 2 heterocycles. The normalized spacial score (nSPS) is 24.0. The zero-order valence-electron chi connectivity index (χ0n) is 7.03. The molecule has 0 aromatic carbocycles. The van der Waals surface area contributed by atoms with Crippen molar-refractivity contribution in [3.63, 3.8) is 0 Å². The van der Waals surface area contributed by atoms with Crippen LogP contribution in [-0.4, -0.2) is 22.9 Å². The Morgan fingerprint density at radius 1 is 1.50 bits per heavy atom. The molecule has 1 aliphatic heterocycles. The fourth-order valence-corrected chi connectivity index (χ4v) is 1.61. The van der Waals surface area contributed by atoms with Gasteiger partial charge < -0.3 is 5.32 Å². The van der Waals surface area contributed by atoms with Gasteiger partial charge >= 0.3 is 0 Å². The number of hydrogen-bond acceptors (Lipinski definition) is 2. The van der Waals surface area contributed by atoms with Gasteiger partial charge in [-0.3, -0.25) is 4.68 Å². The van der Waals surface area contributed by atoms with E-state index in [2.05, 4.69) is 27.4 Å². The van der Waals surface area contributed by atoms with Gasteiger partial charge in [0.25, 0.3) is 0 Å². The van der Waals surface area contributed by atoms with Crippen molar-refractivity contribution in [2.24, 2.45) is 0 Å². The van der Waals surface area contributed by atoms with E-state index in [4.69, 9.17) is 0 Å². The van der Waals surface area contributed by atoms with Crippen molar-refractivity contribution in [1.82, 2.24) is 15.1 Å². The maximum Gasteiger partial charge on any atom is 0.0767 e. The Bertz CT molecular complexity index is 289. The van der Waals surface area contributed by atoms with Crippen molar-refractivity contribution in [2.45, 2.75) is 24.8 Å². The molecule has 2 aliphatic rings. The predicted molar refractivity (Wildman–Crippen MR) is 48.2 cm³/mol. The molecular weight excluding hydrogens is 150 g/mol. The van der Waals surface area contributed by atoms with Crippen LogP contribution in [0.5, 0.6) is 0 Å². The van der Waals surface area contributed by atoms with E-state index >= 15 is 0 Å². The summed E-state index contributed by atoms with van der Waals surface area (Å²) in [6.07, 6.45) is 4.82. The van der Waals surface area contributed by atoms with E-state index in [1.54, 1.807) is 0 Å². The molecule has 0 amide bonds. The van der Waals surface area contributed by atoms with E-state index in [-0.39, 0.29) is 1.43 Å². The van der Waals surface area contributed by atoms with Crippen LogP contribution in [0.3, 0.4) is 0 Å². The lowest BCUT2D eigenvalue weighted by Gasteiger charge is -2.27. The van der Waals surface area contributed by atoms with Crippen molar-refractivity contribution in [1.29, 1.82) is 0 Å². The Labute approximate surface area is 73.3 Å². The lowest BCUT2D eigenvalue weighted by molar-refractivity contribution is 0.317. The van der Waals surface area contributed by atoms with Gasteiger partial charge in [0.2, 0.25) is 0 Å². The molecule has 1 aromatic rings. The Morgan fingerprint density at radius 3 is 2.92 bits per heavy atom. The van der Waals surface area contributed by atoms with Gasteiger partial charge in [-0.15, -0.1) is 0 Å². The first-order chi connectivity index (χ1) is 5.93. The topological polar surface area (TPSA) is 29.9 Å². The third-order valence-electron chi connectivity index (χ3n) is 2.76. The number of aromatic nitrogens is 2. The minimum absolute atomic E-state index is 0. The van der Waals surface area contributed by atoms with Crippen molar-refractivity contribution < 1.29 is 1.43 Å². The molecule has 0 unspecified atom stereocenters. The van der Waals surface area contributed by atoms with Gasteiger partial charge in [0, 0.05) is 26.6 Å². The molecule has 0 bridgehead atoms. The van der Waals surface area contributed by atoms with Crippen LogP contribution in [0, 0.1) is 0 Å². The van der Waals surface area contributed by atoms with Gasteiger partial charge in [-0.05, 0) is 18.9 Å². The molecule has 0 radical (unpaired) electrons. The maximum absolute atomic E-state index is 4.57. The fraction of sp³-hybridized carbons (Fsp3) is 0.667. The number of nitrogens with zero attached hydrogens (tertiary/aromatic N) is 2. The Balaban J connectivity index is 0.000000653. The number of nitrogens with one attached hydrogen (secondary N) is 1. The monoisotopic (exact) mass is 165 g/mol. The molecule has 66 valence electrons. The van der Waals surface area contributed by atoms with Crippen LogP contribution in [0.15, 0.2) is 12.3 Å². The SMILES string of the molecule is [HH].c1cn(C2CNC2)nc1C1CC1. The second kappa shape index (κ2) is 2.33. The summed E-state index contributed by atoms with van der Waals surface area (Å²) in [6.45, 7) is 2.18. The van der Waals surface area contributed by atoms with Crippen LogP contribution in [0.25, 0.3) is 0 Å². The van der Waals surface area contributed by atoms with Crippen LogP contribution in [0.2, 0.25) is 0 Å². The molecule has 1 N–H and O–H groups in total. The van der Waals surface area contributed by atoms with Crippen LogP contribution >= 0.6 is 0 Å². The smallest absolute Gasteiger partial charge is 0.0767 e. The summed E-state index contributed by atoms with van der Waals surface area (Å²) < 4.78 is 2.12. The molecule has 1 aromatic heterocycles. The lowest BCUT2D eigenvalue weighted by atomic mass is 10.2. The summed E-state index contributed by atoms with van der Waals surface area (Å²) in [7, 11) is 0. The summed E-state index contributed by atoms with van der Waals surface area (Å²) in [6, 6.07) is 2.80. The Morgan fingerprint density at radius 2 is 2.33 bits per heavy atom. The minimum Gasteiger partial charge on any atom is -0.312 e. The highest BCUT2D eigenvalue weighted by Gasteiger charge is 2.27. The quantitative estimate of drug-likeness (QED) is 0.712. The third-order valence-corrected chi connectivity index (χ3v) is 2.76. The Hall–Kier alpha value is -0.830. The zero-order chi connectivity index (χ0) is 7.97. The van der Waals surface area contributed by atoms with Gasteiger partial charge in [0.15, 0.2) is 0 Å². The van der Waals surface area contributed by atoms with E-state index in [0.717, 1.165) is 19.0 Å². The summed E-state index contributed by atoms with van der Waals surface area (Å²) >= 11 is 0. The van der Waals surface area contributed by atoms with Gasteiger partial charge in [0.1, 0.15) is 0 Å². The van der Waals surface area contributed by atoms with E-state index in [9.17, 15) is 0 Å². The molecule has 12 heavy (non-hydrogen) atoms. The molecule has 1 saturated carbocycles. The van der Waals surface area contributed by atoms with E-state index in [1.165, 1.54) is 18.5 Å². The molecular formula is C9H15N3. The number of rotatable bonds is 2. The first-order valence-corrected chi connectivity index (χ1v) is 4.69. The van der Waals surface area contributed by atoms with Gasteiger partial charge in [-0.25, -0.2) is 0 Å². The molecule has 3 nitrogen and oxygen atoms in total. The van der Waals surface area contributed by atoms with E-state index in [0.29, 0.717) is 6.04 Å². The van der Waals surface area contributed by atoms with Gasteiger partial charge in [-0.2, -0.15) is 5.10 Å². The summed E-state index contributed by atoms with van der Waals surface area (Å²) in [5, 5.41) is 7.82.